The largest absolute Gasteiger partial charge is 0.369 e. The summed E-state index contributed by atoms with van der Waals surface area (Å²) in [5.41, 5.74) is 2.89. The van der Waals surface area contributed by atoms with Gasteiger partial charge in [0.05, 0.1) is 0 Å². The molecule has 0 unspecified atom stereocenters. The molecule has 0 rings (SSSR count). The number of thioether (sulfide) groups is 2. The highest BCUT2D eigenvalue weighted by atomic mass is 32.2. The molecular weight excluding hydrogens is 563 g/mol. The van der Waals surface area contributed by atoms with Crippen LogP contribution in [0.5, 0.6) is 0 Å². The predicted octanol–water partition coefficient (Wildman–Crippen LogP) is 12.7. The average Bonchev–Trinajstić information content (AvgIpc) is 2.94. The molecule has 0 fully saturated rings. The topological polar surface area (TPSA) is 38.3 Å². The van der Waals surface area contributed by atoms with E-state index in [1.807, 2.05) is 13.8 Å². The number of hydrogen-bond donors (Lipinski definition) is 1. The molecule has 0 bridgehead atoms. The van der Waals surface area contributed by atoms with Gasteiger partial charge in [0.1, 0.15) is 8.28 Å². The maximum Gasteiger partial charge on any atom is 0.340 e. The van der Waals surface area contributed by atoms with Gasteiger partial charge in [-0.15, -0.1) is 11.8 Å². The third kappa shape index (κ3) is 30.0. The summed E-state index contributed by atoms with van der Waals surface area (Å²) < 4.78 is 0.185. The molecule has 1 N–H and O–H groups in total. The zero-order valence-electron chi connectivity index (χ0n) is 27.8. The number of nitrogens with one attached hydrogen (secondary N) is 1. The summed E-state index contributed by atoms with van der Waals surface area (Å²) in [6.07, 6.45) is 35.3. The Morgan fingerprint density at radius 3 is 1.32 bits per heavy atom. The van der Waals surface area contributed by atoms with Crippen molar-refractivity contribution in [1.29, 1.82) is 0 Å². The van der Waals surface area contributed by atoms with E-state index in [4.69, 9.17) is 17.1 Å². The molecule has 0 saturated heterocycles. The van der Waals surface area contributed by atoms with Crippen LogP contribution in [0.15, 0.2) is 0 Å². The van der Waals surface area contributed by atoms with Crippen LogP contribution in [0.1, 0.15) is 195 Å². The summed E-state index contributed by atoms with van der Waals surface area (Å²) in [6.45, 7) is 9.10. The summed E-state index contributed by atoms with van der Waals surface area (Å²) in [7, 11) is 0. The SMILES string of the molecule is CCCCCCCCCCCCCCCCCCNOC(=O)C(C)(C)SC(=S)SCCCCCCCCCCCC. The van der Waals surface area contributed by atoms with Crippen LogP contribution in [0.2, 0.25) is 0 Å². The van der Waals surface area contributed by atoms with Gasteiger partial charge in [0.15, 0.2) is 0 Å². The Morgan fingerprint density at radius 2 is 0.927 bits per heavy atom. The van der Waals surface area contributed by atoms with Crippen molar-refractivity contribution >= 4 is 45.2 Å². The van der Waals surface area contributed by atoms with Gasteiger partial charge in [-0.3, -0.25) is 0 Å². The van der Waals surface area contributed by atoms with Crippen molar-refractivity contribution in [2.75, 3.05) is 12.3 Å². The fourth-order valence-corrected chi connectivity index (χ4v) is 8.05. The predicted molar refractivity (Wildman–Crippen MR) is 192 cm³/mol. The first-order valence-electron chi connectivity index (χ1n) is 17.7. The highest BCUT2D eigenvalue weighted by Crippen LogP contribution is 2.32. The second kappa shape index (κ2) is 31.6. The first kappa shape index (κ1) is 41.2. The van der Waals surface area contributed by atoms with Crippen LogP contribution in [0.25, 0.3) is 0 Å². The summed E-state index contributed by atoms with van der Waals surface area (Å²) in [6, 6.07) is 0. The Balaban J connectivity index is 3.52. The molecule has 244 valence electrons. The van der Waals surface area contributed by atoms with E-state index in [1.54, 1.807) is 11.8 Å². The molecule has 0 amide bonds. The van der Waals surface area contributed by atoms with Crippen LogP contribution in [0.4, 0.5) is 0 Å². The molecule has 0 saturated carbocycles. The molecule has 0 aliphatic heterocycles. The van der Waals surface area contributed by atoms with E-state index >= 15 is 0 Å². The lowest BCUT2D eigenvalue weighted by atomic mass is 10.0. The van der Waals surface area contributed by atoms with Crippen LogP contribution in [-0.2, 0) is 9.63 Å². The van der Waals surface area contributed by atoms with Crippen LogP contribution in [0.3, 0.4) is 0 Å². The van der Waals surface area contributed by atoms with Crippen molar-refractivity contribution < 1.29 is 9.63 Å². The molecule has 41 heavy (non-hydrogen) atoms. The quantitative estimate of drug-likeness (QED) is 0.0466. The molecule has 0 aromatic rings. The van der Waals surface area contributed by atoms with Crippen LogP contribution in [0, 0.1) is 0 Å². The van der Waals surface area contributed by atoms with Crippen LogP contribution < -0.4 is 5.48 Å². The molecular formula is C35H69NO2S3. The van der Waals surface area contributed by atoms with Gasteiger partial charge >= 0.3 is 5.97 Å². The number of hydroxylamine groups is 1. The van der Waals surface area contributed by atoms with E-state index in [0.29, 0.717) is 0 Å². The Kier molecular flexibility index (Phi) is 31.8. The highest BCUT2D eigenvalue weighted by Gasteiger charge is 2.32. The maximum atomic E-state index is 12.6. The maximum absolute atomic E-state index is 12.6. The van der Waals surface area contributed by atoms with Gasteiger partial charge in [-0.25, -0.2) is 4.79 Å². The Morgan fingerprint density at radius 1 is 0.585 bits per heavy atom. The van der Waals surface area contributed by atoms with Crippen molar-refractivity contribution in [2.24, 2.45) is 0 Å². The number of thiocarbonyl (C=S) groups is 1. The fraction of sp³-hybridized carbons (Fsp3) is 0.943. The minimum absolute atomic E-state index is 0.235. The first-order valence-corrected chi connectivity index (χ1v) is 19.9. The minimum atomic E-state index is -0.663. The molecule has 0 atom stereocenters. The third-order valence-corrected chi connectivity index (χ3v) is 10.6. The molecule has 6 heteroatoms. The summed E-state index contributed by atoms with van der Waals surface area (Å²) in [5, 5.41) is 0. The lowest BCUT2D eigenvalue weighted by Crippen LogP contribution is -2.35. The van der Waals surface area contributed by atoms with E-state index in [2.05, 4.69) is 19.3 Å². The lowest BCUT2D eigenvalue weighted by molar-refractivity contribution is -0.153. The number of unbranched alkanes of at least 4 members (excludes halogenated alkanes) is 24. The lowest BCUT2D eigenvalue weighted by Gasteiger charge is -2.21. The van der Waals surface area contributed by atoms with E-state index in [9.17, 15) is 4.79 Å². The number of rotatable bonds is 31. The molecule has 0 spiro atoms. The van der Waals surface area contributed by atoms with Crippen LogP contribution >= 0.6 is 35.7 Å². The molecule has 3 nitrogen and oxygen atoms in total. The normalized spacial score (nSPS) is 11.7. The van der Waals surface area contributed by atoms with E-state index in [1.165, 1.54) is 172 Å². The molecule has 0 aliphatic carbocycles. The molecule has 0 aromatic carbocycles. The standard InChI is InChI=1S/C35H69NO2S3/c1-5-7-9-11-13-15-17-18-19-20-21-22-23-25-27-29-31-36-38-33(37)35(3,4)41-34(39)40-32-30-28-26-24-16-14-12-10-8-6-2/h36H,5-32H2,1-4H3. The smallest absolute Gasteiger partial charge is 0.340 e. The average molecular weight is 632 g/mol. The van der Waals surface area contributed by atoms with E-state index in [-0.39, 0.29) is 5.97 Å². The molecule has 0 radical (unpaired) electrons. The fourth-order valence-electron chi connectivity index (χ4n) is 5.01. The number of carbonyl (C=O) groups is 1. The highest BCUT2D eigenvalue weighted by molar-refractivity contribution is 8.47. The van der Waals surface area contributed by atoms with Gasteiger partial charge in [-0.1, -0.05) is 192 Å². The molecule has 0 heterocycles. The summed E-state index contributed by atoms with van der Waals surface area (Å²) in [4.78, 5) is 17.9. The number of carbonyl (C=O) groups excluding carboxylic acids is 1. The first-order chi connectivity index (χ1) is 19.9. The summed E-state index contributed by atoms with van der Waals surface area (Å²) in [5.74, 6) is 0.811. The second-order valence-electron chi connectivity index (χ2n) is 12.5. The van der Waals surface area contributed by atoms with Gasteiger partial charge in [0, 0.05) is 6.54 Å². The van der Waals surface area contributed by atoms with Crippen molar-refractivity contribution in [2.45, 2.75) is 199 Å². The van der Waals surface area contributed by atoms with Gasteiger partial charge in [-0.05, 0) is 32.4 Å². The van der Waals surface area contributed by atoms with Gasteiger partial charge in [0.2, 0.25) is 0 Å². The van der Waals surface area contributed by atoms with E-state index < -0.39 is 4.75 Å². The Hall–Kier alpha value is 0.220. The zero-order valence-corrected chi connectivity index (χ0v) is 30.3. The summed E-state index contributed by atoms with van der Waals surface area (Å²) >= 11 is 8.73. The monoisotopic (exact) mass is 631 g/mol. The zero-order chi connectivity index (χ0) is 30.3. The van der Waals surface area contributed by atoms with E-state index in [0.717, 1.165) is 22.2 Å². The molecule has 0 aliphatic rings. The second-order valence-corrected chi connectivity index (χ2v) is 16.4. The van der Waals surface area contributed by atoms with Crippen molar-refractivity contribution in [3.8, 4) is 0 Å². The van der Waals surface area contributed by atoms with Gasteiger partial charge < -0.3 is 4.84 Å². The third-order valence-electron chi connectivity index (χ3n) is 7.85. The van der Waals surface area contributed by atoms with Crippen molar-refractivity contribution in [3.05, 3.63) is 0 Å². The molecule has 0 aromatic heterocycles. The van der Waals surface area contributed by atoms with Gasteiger partial charge in [0.25, 0.3) is 0 Å². The van der Waals surface area contributed by atoms with Crippen molar-refractivity contribution in [3.63, 3.8) is 0 Å². The Bertz CT molecular complexity index is 586. The van der Waals surface area contributed by atoms with Crippen LogP contribution in [-0.4, -0.2) is 26.5 Å². The number of hydrogen-bond acceptors (Lipinski definition) is 6. The van der Waals surface area contributed by atoms with Crippen molar-refractivity contribution in [1.82, 2.24) is 5.48 Å². The Labute approximate surface area is 271 Å². The van der Waals surface area contributed by atoms with Gasteiger partial charge in [-0.2, -0.15) is 5.48 Å². The minimum Gasteiger partial charge on any atom is -0.369 e.